The van der Waals surface area contributed by atoms with Gasteiger partial charge in [0.2, 0.25) is 0 Å². The molecule has 1 atom stereocenters. The van der Waals surface area contributed by atoms with Crippen molar-refractivity contribution in [2.45, 2.75) is 63.6 Å². The Kier molecular flexibility index (Phi) is 4.22. The van der Waals surface area contributed by atoms with E-state index in [1.807, 2.05) is 0 Å². The van der Waals surface area contributed by atoms with Crippen molar-refractivity contribution in [3.05, 3.63) is 0 Å². The third-order valence-electron chi connectivity index (χ3n) is 4.88. The van der Waals surface area contributed by atoms with Crippen molar-refractivity contribution in [2.24, 2.45) is 0 Å². The molecule has 2 aliphatic heterocycles. The lowest BCUT2D eigenvalue weighted by Gasteiger charge is -2.36. The molecule has 0 aromatic heterocycles. The molecule has 3 rings (SSSR count). The zero-order chi connectivity index (χ0) is 12.4. The van der Waals surface area contributed by atoms with E-state index in [9.17, 15) is 0 Å². The van der Waals surface area contributed by atoms with E-state index in [0.29, 0.717) is 0 Å². The molecule has 1 saturated carbocycles. The normalized spacial score (nSPS) is 32.2. The molecule has 1 unspecified atom stereocenters. The first-order valence-corrected chi connectivity index (χ1v) is 8.07. The van der Waals surface area contributed by atoms with Crippen LogP contribution < -0.4 is 5.32 Å². The summed E-state index contributed by atoms with van der Waals surface area (Å²) < 4.78 is 0. The molecule has 0 aromatic rings. The maximum Gasteiger partial charge on any atom is 0.0209 e. The minimum Gasteiger partial charge on any atom is -0.310 e. The van der Waals surface area contributed by atoms with E-state index < -0.39 is 0 Å². The smallest absolute Gasteiger partial charge is 0.0209 e. The number of nitrogens with zero attached hydrogens (tertiary/aromatic N) is 2. The van der Waals surface area contributed by atoms with Crippen LogP contribution in [0, 0.1) is 0 Å². The van der Waals surface area contributed by atoms with Crippen LogP contribution in [0.25, 0.3) is 0 Å². The molecular weight excluding hydrogens is 222 g/mol. The summed E-state index contributed by atoms with van der Waals surface area (Å²) in [4.78, 5) is 5.41. The van der Waals surface area contributed by atoms with Gasteiger partial charge in [0.15, 0.2) is 0 Å². The molecule has 3 fully saturated rings. The first-order valence-electron chi connectivity index (χ1n) is 8.07. The Morgan fingerprint density at radius 3 is 2.39 bits per heavy atom. The summed E-state index contributed by atoms with van der Waals surface area (Å²) in [6.07, 6.45) is 8.33. The Morgan fingerprint density at radius 2 is 1.72 bits per heavy atom. The third kappa shape index (κ3) is 3.25. The van der Waals surface area contributed by atoms with Crippen molar-refractivity contribution in [3.63, 3.8) is 0 Å². The molecule has 18 heavy (non-hydrogen) atoms. The number of hydrogen-bond donors (Lipinski definition) is 1. The summed E-state index contributed by atoms with van der Waals surface area (Å²) >= 11 is 0. The van der Waals surface area contributed by atoms with Gasteiger partial charge in [-0.15, -0.1) is 0 Å². The number of likely N-dealkylation sites (tertiary alicyclic amines) is 2. The van der Waals surface area contributed by atoms with E-state index >= 15 is 0 Å². The van der Waals surface area contributed by atoms with E-state index in [1.165, 1.54) is 71.2 Å². The van der Waals surface area contributed by atoms with Crippen LogP contribution in [-0.4, -0.2) is 60.6 Å². The molecule has 0 bridgehead atoms. The Labute approximate surface area is 112 Å². The Bertz CT molecular complexity index is 256. The van der Waals surface area contributed by atoms with Crippen LogP contribution in [0.3, 0.4) is 0 Å². The van der Waals surface area contributed by atoms with Gasteiger partial charge in [-0.05, 0) is 58.2 Å². The van der Waals surface area contributed by atoms with Gasteiger partial charge < -0.3 is 10.2 Å². The summed E-state index contributed by atoms with van der Waals surface area (Å²) in [7, 11) is 0. The highest BCUT2D eigenvalue weighted by Crippen LogP contribution is 2.25. The van der Waals surface area contributed by atoms with Crippen molar-refractivity contribution in [2.75, 3.05) is 32.7 Å². The first kappa shape index (κ1) is 12.9. The van der Waals surface area contributed by atoms with Crippen molar-refractivity contribution in [1.82, 2.24) is 15.1 Å². The monoisotopic (exact) mass is 251 g/mol. The van der Waals surface area contributed by atoms with Gasteiger partial charge in [-0.2, -0.15) is 0 Å². The fourth-order valence-corrected chi connectivity index (χ4v) is 3.66. The van der Waals surface area contributed by atoms with E-state index in [0.717, 1.165) is 18.1 Å². The minimum atomic E-state index is 0.797. The quantitative estimate of drug-likeness (QED) is 0.802. The second-order valence-corrected chi connectivity index (χ2v) is 6.49. The largest absolute Gasteiger partial charge is 0.310 e. The van der Waals surface area contributed by atoms with Crippen LogP contribution in [0.5, 0.6) is 0 Å². The lowest BCUT2D eigenvalue weighted by Crippen LogP contribution is -2.45. The molecule has 0 spiro atoms. The van der Waals surface area contributed by atoms with Gasteiger partial charge in [-0.1, -0.05) is 6.92 Å². The summed E-state index contributed by atoms with van der Waals surface area (Å²) in [5.74, 6) is 0. The van der Waals surface area contributed by atoms with Gasteiger partial charge in [-0.3, -0.25) is 4.90 Å². The molecule has 3 heteroatoms. The van der Waals surface area contributed by atoms with E-state index in [4.69, 9.17) is 0 Å². The van der Waals surface area contributed by atoms with E-state index in [2.05, 4.69) is 22.0 Å². The SMILES string of the molecule is CCCN1CCC(N2CCC(NC3CC3)C2)CC1. The highest BCUT2D eigenvalue weighted by atomic mass is 15.2. The van der Waals surface area contributed by atoms with Crippen molar-refractivity contribution >= 4 is 0 Å². The third-order valence-corrected chi connectivity index (χ3v) is 4.88. The van der Waals surface area contributed by atoms with Gasteiger partial charge in [0, 0.05) is 31.2 Å². The van der Waals surface area contributed by atoms with Crippen LogP contribution in [-0.2, 0) is 0 Å². The summed E-state index contributed by atoms with van der Waals surface area (Å²) in [6, 6.07) is 2.55. The van der Waals surface area contributed by atoms with Crippen LogP contribution in [0.1, 0.15) is 45.4 Å². The lowest BCUT2D eigenvalue weighted by molar-refractivity contribution is 0.125. The number of rotatable bonds is 5. The molecule has 104 valence electrons. The second-order valence-electron chi connectivity index (χ2n) is 6.49. The zero-order valence-corrected chi connectivity index (χ0v) is 11.9. The highest BCUT2D eigenvalue weighted by Gasteiger charge is 2.33. The standard InChI is InChI=1S/C15H29N3/c1-2-8-17-9-6-15(7-10-17)18-11-5-14(12-18)16-13-3-4-13/h13-16H,2-12H2,1H3. The van der Waals surface area contributed by atoms with E-state index in [1.54, 1.807) is 0 Å². The fourth-order valence-electron chi connectivity index (χ4n) is 3.66. The van der Waals surface area contributed by atoms with Crippen molar-refractivity contribution in [1.29, 1.82) is 0 Å². The van der Waals surface area contributed by atoms with Gasteiger partial charge in [-0.25, -0.2) is 0 Å². The van der Waals surface area contributed by atoms with Gasteiger partial charge in [0.05, 0.1) is 0 Å². The Morgan fingerprint density at radius 1 is 0.944 bits per heavy atom. The number of nitrogens with one attached hydrogen (secondary N) is 1. The number of hydrogen-bond acceptors (Lipinski definition) is 3. The van der Waals surface area contributed by atoms with Crippen LogP contribution in [0.4, 0.5) is 0 Å². The summed E-state index contributed by atoms with van der Waals surface area (Å²) in [5, 5.41) is 3.80. The Hall–Kier alpha value is -0.120. The topological polar surface area (TPSA) is 18.5 Å². The molecule has 0 amide bonds. The van der Waals surface area contributed by atoms with E-state index in [-0.39, 0.29) is 0 Å². The fraction of sp³-hybridized carbons (Fsp3) is 1.00. The first-order chi connectivity index (χ1) is 8.85. The molecule has 2 saturated heterocycles. The minimum absolute atomic E-state index is 0.797. The van der Waals surface area contributed by atoms with Crippen molar-refractivity contribution < 1.29 is 0 Å². The average Bonchev–Trinajstić information content (AvgIpc) is 3.07. The molecular formula is C15H29N3. The van der Waals surface area contributed by atoms with Gasteiger partial charge in [0.25, 0.3) is 0 Å². The molecule has 3 aliphatic rings. The van der Waals surface area contributed by atoms with Crippen LogP contribution in [0.2, 0.25) is 0 Å². The molecule has 3 nitrogen and oxygen atoms in total. The zero-order valence-electron chi connectivity index (χ0n) is 11.9. The average molecular weight is 251 g/mol. The predicted molar refractivity (Wildman–Crippen MR) is 75.9 cm³/mol. The summed E-state index contributed by atoms with van der Waals surface area (Å²) in [5.41, 5.74) is 0. The number of piperidine rings is 1. The molecule has 1 N–H and O–H groups in total. The van der Waals surface area contributed by atoms with Crippen LogP contribution >= 0.6 is 0 Å². The molecule has 0 aromatic carbocycles. The maximum absolute atomic E-state index is 3.80. The molecule has 0 radical (unpaired) electrons. The Balaban J connectivity index is 1.40. The molecule has 1 aliphatic carbocycles. The second kappa shape index (κ2) is 5.89. The van der Waals surface area contributed by atoms with Gasteiger partial charge in [0.1, 0.15) is 0 Å². The summed E-state index contributed by atoms with van der Waals surface area (Å²) in [6.45, 7) is 8.91. The van der Waals surface area contributed by atoms with Crippen LogP contribution in [0.15, 0.2) is 0 Å². The molecule has 2 heterocycles. The van der Waals surface area contributed by atoms with Crippen molar-refractivity contribution in [3.8, 4) is 0 Å². The van der Waals surface area contributed by atoms with Gasteiger partial charge >= 0.3 is 0 Å². The predicted octanol–water partition coefficient (Wildman–Crippen LogP) is 1.69. The maximum atomic E-state index is 3.80. The lowest BCUT2D eigenvalue weighted by atomic mass is 10.0. The highest BCUT2D eigenvalue weighted by molar-refractivity contribution is 4.92.